The average molecular weight is 353 g/mol. The molecule has 1 saturated carbocycles. The summed E-state index contributed by atoms with van der Waals surface area (Å²) in [4.78, 5) is 23.3. The fraction of sp³-hybridized carbons (Fsp3) is 0.556. The van der Waals surface area contributed by atoms with Crippen LogP contribution in [0.2, 0.25) is 5.02 Å². The van der Waals surface area contributed by atoms with Gasteiger partial charge in [0.05, 0.1) is 12.0 Å². The number of amides is 2. The quantitative estimate of drug-likeness (QED) is 0.750. The van der Waals surface area contributed by atoms with Gasteiger partial charge in [-0.05, 0) is 49.3 Å². The van der Waals surface area contributed by atoms with Crippen molar-refractivity contribution in [3.05, 3.63) is 34.9 Å². The number of benzene rings is 1. The number of carboxylic acids is 1. The zero-order valence-corrected chi connectivity index (χ0v) is 14.8. The van der Waals surface area contributed by atoms with Gasteiger partial charge in [-0.1, -0.05) is 37.6 Å². The van der Waals surface area contributed by atoms with Crippen LogP contribution in [0.25, 0.3) is 0 Å². The van der Waals surface area contributed by atoms with E-state index in [1.165, 1.54) is 0 Å². The number of nitrogens with one attached hydrogen (secondary N) is 2. The second-order valence-electron chi connectivity index (χ2n) is 6.78. The lowest BCUT2D eigenvalue weighted by Crippen LogP contribution is -2.46. The molecule has 1 fully saturated rings. The number of hydrogen-bond donors (Lipinski definition) is 3. The highest BCUT2D eigenvalue weighted by atomic mass is 35.5. The predicted molar refractivity (Wildman–Crippen MR) is 94.1 cm³/mol. The Morgan fingerprint density at radius 2 is 1.71 bits per heavy atom. The highest BCUT2D eigenvalue weighted by molar-refractivity contribution is 6.30. The van der Waals surface area contributed by atoms with E-state index in [1.54, 1.807) is 0 Å². The van der Waals surface area contributed by atoms with Gasteiger partial charge in [-0.2, -0.15) is 0 Å². The first kappa shape index (κ1) is 18.6. The summed E-state index contributed by atoms with van der Waals surface area (Å²) in [5.74, 6) is -0.774. The van der Waals surface area contributed by atoms with E-state index in [0.29, 0.717) is 30.7 Å². The minimum absolute atomic E-state index is 0.0404. The molecule has 24 heavy (non-hydrogen) atoms. The monoisotopic (exact) mass is 352 g/mol. The molecule has 0 bridgehead atoms. The van der Waals surface area contributed by atoms with Crippen LogP contribution < -0.4 is 10.6 Å². The van der Waals surface area contributed by atoms with Crippen LogP contribution in [-0.2, 0) is 4.79 Å². The van der Waals surface area contributed by atoms with Crippen LogP contribution in [-0.4, -0.2) is 23.1 Å². The van der Waals surface area contributed by atoms with Gasteiger partial charge in [0.15, 0.2) is 0 Å². The Morgan fingerprint density at radius 3 is 2.21 bits per heavy atom. The largest absolute Gasteiger partial charge is 0.481 e. The van der Waals surface area contributed by atoms with Gasteiger partial charge < -0.3 is 15.7 Å². The van der Waals surface area contributed by atoms with Crippen molar-refractivity contribution in [2.75, 3.05) is 0 Å². The van der Waals surface area contributed by atoms with Crippen LogP contribution in [0.15, 0.2) is 24.3 Å². The molecule has 0 aromatic heterocycles. The van der Waals surface area contributed by atoms with Crippen molar-refractivity contribution in [2.24, 2.45) is 11.8 Å². The molecule has 0 aliphatic heterocycles. The van der Waals surface area contributed by atoms with E-state index in [9.17, 15) is 9.59 Å². The summed E-state index contributed by atoms with van der Waals surface area (Å²) >= 11 is 5.92. The minimum atomic E-state index is -0.736. The second-order valence-corrected chi connectivity index (χ2v) is 7.21. The summed E-state index contributed by atoms with van der Waals surface area (Å²) in [5.41, 5.74) is 1.01. The van der Waals surface area contributed by atoms with Crippen molar-refractivity contribution in [1.82, 2.24) is 10.6 Å². The van der Waals surface area contributed by atoms with E-state index in [-0.39, 0.29) is 30.0 Å². The predicted octanol–water partition coefficient (Wildman–Crippen LogP) is 3.98. The van der Waals surface area contributed by atoms with E-state index in [0.717, 1.165) is 5.56 Å². The average Bonchev–Trinajstić information content (AvgIpc) is 2.54. The maximum Gasteiger partial charge on any atom is 0.315 e. The van der Waals surface area contributed by atoms with Gasteiger partial charge >= 0.3 is 12.0 Å². The van der Waals surface area contributed by atoms with Gasteiger partial charge in [0.2, 0.25) is 0 Å². The van der Waals surface area contributed by atoms with Crippen molar-refractivity contribution in [2.45, 2.75) is 51.6 Å². The number of aliphatic carboxylic acids is 1. The molecule has 0 saturated heterocycles. The van der Waals surface area contributed by atoms with Crippen molar-refractivity contribution in [3.8, 4) is 0 Å². The summed E-state index contributed by atoms with van der Waals surface area (Å²) in [6.07, 6.45) is 2.64. The number of rotatable bonds is 5. The molecule has 2 rings (SSSR count). The third-order valence-corrected chi connectivity index (χ3v) is 4.85. The van der Waals surface area contributed by atoms with Crippen LogP contribution in [0.5, 0.6) is 0 Å². The zero-order chi connectivity index (χ0) is 17.7. The zero-order valence-electron chi connectivity index (χ0n) is 14.1. The molecule has 132 valence electrons. The Hall–Kier alpha value is -1.75. The molecule has 1 aromatic carbocycles. The van der Waals surface area contributed by atoms with Crippen molar-refractivity contribution >= 4 is 23.6 Å². The molecular weight excluding hydrogens is 328 g/mol. The van der Waals surface area contributed by atoms with Crippen LogP contribution in [0, 0.1) is 11.8 Å². The molecule has 1 unspecified atom stereocenters. The first-order valence-corrected chi connectivity index (χ1v) is 8.80. The Morgan fingerprint density at radius 1 is 1.12 bits per heavy atom. The third-order valence-electron chi connectivity index (χ3n) is 4.59. The SMILES string of the molecule is CC(C)C(NC(=O)NC1CCC(C(=O)O)CC1)c1ccc(Cl)cc1. The minimum Gasteiger partial charge on any atom is -0.481 e. The molecule has 0 spiro atoms. The fourth-order valence-electron chi connectivity index (χ4n) is 3.16. The van der Waals surface area contributed by atoms with E-state index >= 15 is 0 Å². The molecule has 0 heterocycles. The number of carbonyl (C=O) groups is 2. The van der Waals surface area contributed by atoms with Crippen molar-refractivity contribution in [1.29, 1.82) is 0 Å². The first-order chi connectivity index (χ1) is 11.4. The lowest BCUT2D eigenvalue weighted by Gasteiger charge is -2.29. The Bertz CT molecular complexity index is 566. The molecule has 3 N–H and O–H groups in total. The smallest absolute Gasteiger partial charge is 0.315 e. The standard InChI is InChI=1S/C18H25ClN2O3/c1-11(2)16(12-3-7-14(19)8-4-12)21-18(24)20-15-9-5-13(6-10-15)17(22)23/h3-4,7-8,11,13,15-16H,5-6,9-10H2,1-2H3,(H,22,23)(H2,20,21,24). The molecule has 5 nitrogen and oxygen atoms in total. The van der Waals surface area contributed by atoms with Gasteiger partial charge in [0.1, 0.15) is 0 Å². The van der Waals surface area contributed by atoms with Crippen LogP contribution in [0.3, 0.4) is 0 Å². The molecule has 1 aliphatic rings. The van der Waals surface area contributed by atoms with Gasteiger partial charge in [-0.25, -0.2) is 4.79 Å². The summed E-state index contributed by atoms with van der Waals surface area (Å²) in [6, 6.07) is 7.22. The fourth-order valence-corrected chi connectivity index (χ4v) is 3.28. The highest BCUT2D eigenvalue weighted by Crippen LogP contribution is 2.25. The number of halogens is 1. The molecule has 1 atom stereocenters. The van der Waals surface area contributed by atoms with E-state index in [4.69, 9.17) is 16.7 Å². The number of urea groups is 1. The Kier molecular flexibility index (Phi) is 6.49. The normalized spacial score (nSPS) is 22.0. The Labute approximate surface area is 147 Å². The molecule has 1 aliphatic carbocycles. The van der Waals surface area contributed by atoms with Crippen molar-refractivity contribution in [3.63, 3.8) is 0 Å². The highest BCUT2D eigenvalue weighted by Gasteiger charge is 2.27. The lowest BCUT2D eigenvalue weighted by molar-refractivity contribution is -0.142. The van der Waals surface area contributed by atoms with Crippen LogP contribution in [0.4, 0.5) is 4.79 Å². The maximum atomic E-state index is 12.3. The number of hydrogen-bond acceptors (Lipinski definition) is 2. The van der Waals surface area contributed by atoms with Crippen LogP contribution >= 0.6 is 11.6 Å². The lowest BCUT2D eigenvalue weighted by atomic mass is 9.86. The third kappa shape index (κ3) is 5.13. The topological polar surface area (TPSA) is 78.4 Å². The van der Waals surface area contributed by atoms with Crippen LogP contribution in [0.1, 0.15) is 51.1 Å². The number of carbonyl (C=O) groups excluding carboxylic acids is 1. The van der Waals surface area contributed by atoms with Gasteiger partial charge in [0, 0.05) is 11.1 Å². The van der Waals surface area contributed by atoms with Crippen molar-refractivity contribution < 1.29 is 14.7 Å². The summed E-state index contributed by atoms with van der Waals surface area (Å²) in [6.45, 7) is 4.11. The van der Waals surface area contributed by atoms with E-state index < -0.39 is 5.97 Å². The summed E-state index contributed by atoms with van der Waals surface area (Å²) in [7, 11) is 0. The summed E-state index contributed by atoms with van der Waals surface area (Å²) < 4.78 is 0. The van der Waals surface area contributed by atoms with Gasteiger partial charge in [-0.3, -0.25) is 4.79 Å². The van der Waals surface area contributed by atoms with Gasteiger partial charge in [-0.15, -0.1) is 0 Å². The second kappa shape index (κ2) is 8.38. The number of carboxylic acid groups (broad SMARTS) is 1. The van der Waals surface area contributed by atoms with E-state index in [2.05, 4.69) is 24.5 Å². The summed E-state index contributed by atoms with van der Waals surface area (Å²) in [5, 5.41) is 15.7. The first-order valence-electron chi connectivity index (χ1n) is 8.42. The Balaban J connectivity index is 1.90. The van der Waals surface area contributed by atoms with Gasteiger partial charge in [0.25, 0.3) is 0 Å². The maximum absolute atomic E-state index is 12.3. The molecular formula is C18H25ClN2O3. The van der Waals surface area contributed by atoms with E-state index in [1.807, 2.05) is 24.3 Å². The molecule has 2 amide bonds. The molecule has 1 aromatic rings. The molecule has 6 heteroatoms. The molecule has 0 radical (unpaired) electrons.